The van der Waals surface area contributed by atoms with Gasteiger partial charge in [0.1, 0.15) is 0 Å². The lowest BCUT2D eigenvalue weighted by molar-refractivity contribution is 1.07. The summed E-state index contributed by atoms with van der Waals surface area (Å²) in [6.45, 7) is 12.4. The van der Waals surface area contributed by atoms with Gasteiger partial charge in [0.05, 0.1) is 10.2 Å². The Balaban J connectivity index is 1.52. The van der Waals surface area contributed by atoms with Gasteiger partial charge in [-0.15, -0.1) is 22.7 Å². The van der Waals surface area contributed by atoms with Crippen molar-refractivity contribution in [3.8, 4) is 22.8 Å². The zero-order valence-electron chi connectivity index (χ0n) is 27.4. The van der Waals surface area contributed by atoms with Crippen LogP contribution < -0.4 is 0 Å². The molecule has 48 heavy (non-hydrogen) atoms. The van der Waals surface area contributed by atoms with E-state index in [9.17, 15) is 0 Å². The summed E-state index contributed by atoms with van der Waals surface area (Å²) in [5.74, 6) is 1.52. The molecule has 0 radical (unpaired) electrons. The molecule has 0 aliphatic rings. The van der Waals surface area contributed by atoms with Crippen LogP contribution in [0.15, 0.2) is 66.7 Å². The van der Waals surface area contributed by atoms with Crippen molar-refractivity contribution in [1.29, 1.82) is 0 Å². The van der Waals surface area contributed by atoms with Crippen molar-refractivity contribution in [3.63, 3.8) is 0 Å². The second kappa shape index (κ2) is 9.72. The molecule has 0 N–H and O–H groups in total. The van der Waals surface area contributed by atoms with Crippen LogP contribution in [-0.4, -0.2) is 24.9 Å². The molecule has 0 saturated carbocycles. The smallest absolute Gasteiger partial charge is 0.160 e. The third kappa shape index (κ3) is 3.92. The van der Waals surface area contributed by atoms with Gasteiger partial charge in [0.2, 0.25) is 0 Å². The molecule has 0 saturated heterocycles. The van der Waals surface area contributed by atoms with E-state index in [1.807, 2.05) is 34.8 Å². The van der Waals surface area contributed by atoms with Crippen LogP contribution in [0, 0.1) is 41.5 Å². The van der Waals surface area contributed by atoms with E-state index in [1.54, 1.807) is 0 Å². The largest absolute Gasteiger partial charge is 0.252 e. The van der Waals surface area contributed by atoms with E-state index in [4.69, 9.17) is 24.9 Å². The summed E-state index contributed by atoms with van der Waals surface area (Å²) in [6.07, 6.45) is 0. The summed E-state index contributed by atoms with van der Waals surface area (Å²) in [4.78, 5) is 25.2. The van der Waals surface area contributed by atoms with Gasteiger partial charge in [-0.05, 0) is 124 Å². The van der Waals surface area contributed by atoms with Crippen LogP contribution in [0.5, 0.6) is 0 Å². The second-order valence-corrected chi connectivity index (χ2v) is 15.4. The van der Waals surface area contributed by atoms with E-state index in [-0.39, 0.29) is 0 Å². The van der Waals surface area contributed by atoms with Gasteiger partial charge in [-0.25, -0.2) is 19.9 Å². The monoisotopic (exact) mass is 655 g/mol. The van der Waals surface area contributed by atoms with Gasteiger partial charge in [0, 0.05) is 80.6 Å². The predicted octanol–water partition coefficient (Wildman–Crippen LogP) is 11.5. The van der Waals surface area contributed by atoms with E-state index < -0.39 is 0 Å². The summed E-state index contributed by atoms with van der Waals surface area (Å²) in [5, 5.41) is 10.9. The van der Waals surface area contributed by atoms with E-state index in [0.29, 0.717) is 0 Å². The molecule has 0 bridgehead atoms. The van der Waals surface area contributed by atoms with E-state index >= 15 is 0 Å². The number of hydrogen-bond donors (Lipinski definition) is 0. The molecule has 230 valence electrons. The highest BCUT2D eigenvalue weighted by Crippen LogP contribution is 2.52. The van der Waals surface area contributed by atoms with Gasteiger partial charge >= 0.3 is 0 Å². The van der Waals surface area contributed by atoms with E-state index in [2.05, 4.69) is 96.1 Å². The molecule has 7 heteroatoms. The van der Waals surface area contributed by atoms with Crippen molar-refractivity contribution in [2.24, 2.45) is 0 Å². The number of fused-ring (bicyclic) bond motifs is 8. The number of thiophene rings is 2. The van der Waals surface area contributed by atoms with Crippen LogP contribution in [-0.2, 0) is 0 Å². The molecule has 0 atom stereocenters. The predicted molar refractivity (Wildman–Crippen MR) is 204 cm³/mol. The van der Waals surface area contributed by atoms with Gasteiger partial charge in [0.25, 0.3) is 0 Å². The molecular weight excluding hydrogens is 627 g/mol. The zero-order chi connectivity index (χ0) is 32.6. The van der Waals surface area contributed by atoms with Gasteiger partial charge in [-0.1, -0.05) is 11.6 Å². The minimum Gasteiger partial charge on any atom is -0.252 e. The average Bonchev–Trinajstić information content (AvgIpc) is 3.59. The number of pyridine rings is 1. The minimum absolute atomic E-state index is 0.756. The lowest BCUT2D eigenvalue weighted by Gasteiger charge is -2.19. The number of benzene rings is 5. The van der Waals surface area contributed by atoms with Crippen molar-refractivity contribution >= 4 is 95.5 Å². The normalized spacial score (nSPS) is 12.4. The van der Waals surface area contributed by atoms with Crippen molar-refractivity contribution in [1.82, 2.24) is 24.9 Å². The molecule has 0 spiro atoms. The molecule has 5 aromatic carbocycles. The Hall–Kier alpha value is -5.11. The summed E-state index contributed by atoms with van der Waals surface area (Å²) >= 11 is 3.69. The van der Waals surface area contributed by atoms with Crippen molar-refractivity contribution in [3.05, 3.63) is 101 Å². The highest BCUT2D eigenvalue weighted by Gasteiger charge is 2.25. The molecule has 0 fully saturated rings. The van der Waals surface area contributed by atoms with Crippen LogP contribution in [0.2, 0.25) is 0 Å². The second-order valence-electron chi connectivity index (χ2n) is 13.2. The maximum Gasteiger partial charge on any atom is 0.160 e. The fraction of sp³-hybridized carbons (Fsp3) is 0.146. The Kier molecular flexibility index (Phi) is 5.66. The van der Waals surface area contributed by atoms with Crippen LogP contribution in [0.4, 0.5) is 0 Å². The third-order valence-corrected chi connectivity index (χ3v) is 12.0. The maximum atomic E-state index is 5.06. The molecule has 0 aliphatic carbocycles. The molecule has 10 rings (SSSR count). The molecule has 0 aliphatic heterocycles. The van der Waals surface area contributed by atoms with Crippen molar-refractivity contribution in [2.45, 2.75) is 41.5 Å². The van der Waals surface area contributed by atoms with Crippen LogP contribution >= 0.6 is 22.7 Å². The molecular formula is C41H29N5S2. The molecule has 5 heterocycles. The standard InChI is InChI=1S/C41H29N5S2/c1-18-7-9-33-24(11-18)27-14-25-28(40-43-20(3)12-21(4)44-40)17-31-36-26(15-32-37-34(48-39(31)32)10-8-19(2)42-37)29(16-30(35(25)36)38(27)47-33)41-45-22(5)13-23(6)46-41/h7-17H,1-6H3. The molecule has 0 amide bonds. The summed E-state index contributed by atoms with van der Waals surface area (Å²) in [7, 11) is 0. The van der Waals surface area contributed by atoms with Crippen molar-refractivity contribution < 1.29 is 0 Å². The first-order valence-corrected chi connectivity index (χ1v) is 17.8. The van der Waals surface area contributed by atoms with E-state index in [1.165, 1.54) is 62.1 Å². The number of aryl methyl sites for hydroxylation is 6. The first kappa shape index (κ1) is 28.0. The highest BCUT2D eigenvalue weighted by molar-refractivity contribution is 7.27. The fourth-order valence-corrected chi connectivity index (χ4v) is 10.0. The highest BCUT2D eigenvalue weighted by atomic mass is 32.1. The topological polar surface area (TPSA) is 64.5 Å². The first-order valence-electron chi connectivity index (χ1n) is 16.2. The Labute approximate surface area is 284 Å². The molecule has 10 aromatic rings. The van der Waals surface area contributed by atoms with Crippen molar-refractivity contribution in [2.75, 3.05) is 0 Å². The number of rotatable bonds is 2. The summed E-state index contributed by atoms with van der Waals surface area (Å²) < 4.78 is 4.98. The summed E-state index contributed by atoms with van der Waals surface area (Å²) in [5.41, 5.74) is 9.26. The Bertz CT molecular complexity index is 2780. The first-order chi connectivity index (χ1) is 23.2. The van der Waals surface area contributed by atoms with Crippen LogP contribution in [0.1, 0.15) is 34.0 Å². The van der Waals surface area contributed by atoms with Crippen LogP contribution in [0.3, 0.4) is 0 Å². The third-order valence-electron chi connectivity index (χ3n) is 9.59. The average molecular weight is 656 g/mol. The minimum atomic E-state index is 0.756. The Morgan fingerprint density at radius 1 is 0.396 bits per heavy atom. The fourth-order valence-electron chi connectivity index (χ4n) is 7.70. The van der Waals surface area contributed by atoms with Gasteiger partial charge in [-0.2, -0.15) is 0 Å². The Morgan fingerprint density at radius 2 is 0.917 bits per heavy atom. The summed E-state index contributed by atoms with van der Waals surface area (Å²) in [6, 6.07) is 24.7. The number of nitrogens with zero attached hydrogens (tertiary/aromatic N) is 5. The zero-order valence-corrected chi connectivity index (χ0v) is 29.0. The molecule has 5 aromatic heterocycles. The molecule has 5 nitrogen and oxygen atoms in total. The number of hydrogen-bond acceptors (Lipinski definition) is 7. The van der Waals surface area contributed by atoms with Gasteiger partial charge in [0.15, 0.2) is 11.6 Å². The van der Waals surface area contributed by atoms with E-state index in [0.717, 1.165) is 67.5 Å². The lowest BCUT2D eigenvalue weighted by Crippen LogP contribution is -1.99. The SMILES string of the molecule is Cc1ccc2sc3c(cc4c(-c5nc(C)cc(C)n5)cc5c6sc7ccc(C)nc7c6cc6c(-c7nc(C)cc(C)n7)cc3c4c65)c2c1. The molecule has 0 unspecified atom stereocenters. The van der Waals surface area contributed by atoms with Gasteiger partial charge in [-0.3, -0.25) is 4.98 Å². The Morgan fingerprint density at radius 3 is 1.52 bits per heavy atom. The lowest BCUT2D eigenvalue weighted by atomic mass is 9.86. The quantitative estimate of drug-likeness (QED) is 0.173. The maximum absolute atomic E-state index is 5.06. The van der Waals surface area contributed by atoms with Gasteiger partial charge < -0.3 is 0 Å². The van der Waals surface area contributed by atoms with Crippen LogP contribution in [0.25, 0.3) is 95.6 Å². The number of aromatic nitrogens is 5.